The quantitative estimate of drug-likeness (QED) is 0.741. The standard InChI is InChI=1S/C19H18N4O2S/c1-2-23-14-9-5-3-7-12(14)21-19(23)22-17(24)11-16-18(25)20-13-8-4-6-10-15(13)26-16/h3-10,16H,2,11H2,1H3,(H,20,25)(H,21,22,24)/t16-/m0/s1. The number of rotatable bonds is 4. The molecule has 0 radical (unpaired) electrons. The topological polar surface area (TPSA) is 76.0 Å². The van der Waals surface area contributed by atoms with Crippen LogP contribution in [0.2, 0.25) is 0 Å². The average Bonchev–Trinajstić information content (AvgIpc) is 2.99. The molecule has 2 amide bonds. The summed E-state index contributed by atoms with van der Waals surface area (Å²) in [6.07, 6.45) is 0.0950. The van der Waals surface area contributed by atoms with Crippen LogP contribution in [0.4, 0.5) is 11.6 Å². The van der Waals surface area contributed by atoms with Crippen LogP contribution < -0.4 is 10.6 Å². The molecule has 0 saturated heterocycles. The summed E-state index contributed by atoms with van der Waals surface area (Å²) in [6.45, 7) is 2.70. The molecule has 4 rings (SSSR count). The van der Waals surface area contributed by atoms with Crippen molar-refractivity contribution in [2.24, 2.45) is 0 Å². The highest BCUT2D eigenvalue weighted by molar-refractivity contribution is 8.01. The van der Waals surface area contributed by atoms with Gasteiger partial charge in [-0.3, -0.25) is 14.9 Å². The summed E-state index contributed by atoms with van der Waals surface area (Å²) in [6, 6.07) is 15.4. The molecule has 0 spiro atoms. The number of fused-ring (bicyclic) bond motifs is 2. The lowest BCUT2D eigenvalue weighted by Gasteiger charge is -2.23. The van der Waals surface area contributed by atoms with Crippen molar-refractivity contribution >= 4 is 46.2 Å². The second kappa shape index (κ2) is 6.84. The number of anilines is 2. The molecule has 2 aromatic carbocycles. The molecule has 1 aliphatic rings. The molecule has 0 fully saturated rings. The van der Waals surface area contributed by atoms with E-state index in [0.717, 1.165) is 21.6 Å². The van der Waals surface area contributed by atoms with Crippen molar-refractivity contribution in [2.45, 2.75) is 30.0 Å². The van der Waals surface area contributed by atoms with Crippen LogP contribution in [0.25, 0.3) is 11.0 Å². The Labute approximate surface area is 155 Å². The van der Waals surface area contributed by atoms with Crippen LogP contribution in [0, 0.1) is 0 Å². The number of para-hydroxylation sites is 3. The van der Waals surface area contributed by atoms with E-state index < -0.39 is 5.25 Å². The van der Waals surface area contributed by atoms with Gasteiger partial charge in [-0.05, 0) is 31.2 Å². The third-order valence-corrected chi connectivity index (χ3v) is 5.57. The maximum absolute atomic E-state index is 12.5. The molecule has 0 saturated carbocycles. The fourth-order valence-electron chi connectivity index (χ4n) is 3.06. The first-order valence-electron chi connectivity index (χ1n) is 8.47. The van der Waals surface area contributed by atoms with Crippen molar-refractivity contribution < 1.29 is 9.59 Å². The summed E-state index contributed by atoms with van der Waals surface area (Å²) in [5.41, 5.74) is 2.61. The van der Waals surface area contributed by atoms with Gasteiger partial charge in [-0.15, -0.1) is 11.8 Å². The third-order valence-electron chi connectivity index (χ3n) is 4.30. The van der Waals surface area contributed by atoms with E-state index in [1.807, 2.05) is 60.0 Å². The molecule has 1 aliphatic heterocycles. The van der Waals surface area contributed by atoms with Crippen molar-refractivity contribution in [3.8, 4) is 0 Å². The number of aromatic nitrogens is 2. The van der Waals surface area contributed by atoms with Crippen LogP contribution >= 0.6 is 11.8 Å². The predicted octanol–water partition coefficient (Wildman–Crippen LogP) is 3.50. The Morgan fingerprint density at radius 1 is 1.23 bits per heavy atom. The molecule has 0 aliphatic carbocycles. The minimum absolute atomic E-state index is 0.0950. The van der Waals surface area contributed by atoms with Crippen LogP contribution in [-0.2, 0) is 16.1 Å². The highest BCUT2D eigenvalue weighted by atomic mass is 32.2. The molecule has 3 aromatic rings. The highest BCUT2D eigenvalue weighted by Gasteiger charge is 2.29. The Morgan fingerprint density at radius 3 is 2.85 bits per heavy atom. The largest absolute Gasteiger partial charge is 0.324 e. The Hall–Kier alpha value is -2.80. The molecule has 132 valence electrons. The minimum atomic E-state index is -0.454. The van der Waals surface area contributed by atoms with Crippen LogP contribution in [0.1, 0.15) is 13.3 Å². The van der Waals surface area contributed by atoms with Crippen LogP contribution in [0.3, 0.4) is 0 Å². The Morgan fingerprint density at radius 2 is 2.00 bits per heavy atom. The zero-order valence-corrected chi connectivity index (χ0v) is 15.0. The Bertz CT molecular complexity index is 998. The molecule has 2 N–H and O–H groups in total. The molecule has 1 aromatic heterocycles. The van der Waals surface area contributed by atoms with Gasteiger partial charge in [0.05, 0.1) is 22.0 Å². The number of hydrogen-bond donors (Lipinski definition) is 2. The Kier molecular flexibility index (Phi) is 4.38. The Balaban J connectivity index is 1.50. The summed E-state index contributed by atoms with van der Waals surface area (Å²) in [5.74, 6) is 0.148. The SMILES string of the molecule is CCn1c(NC(=O)C[C@@H]2Sc3ccccc3NC2=O)nc2ccccc21. The predicted molar refractivity (Wildman–Crippen MR) is 103 cm³/mol. The monoisotopic (exact) mass is 366 g/mol. The van der Waals surface area contributed by atoms with Gasteiger partial charge in [-0.1, -0.05) is 24.3 Å². The van der Waals surface area contributed by atoms with Gasteiger partial charge in [0, 0.05) is 17.9 Å². The van der Waals surface area contributed by atoms with E-state index in [1.165, 1.54) is 11.8 Å². The number of nitrogens with zero attached hydrogens (tertiary/aromatic N) is 2. The normalized spacial score (nSPS) is 16.2. The maximum atomic E-state index is 12.5. The molecule has 7 heteroatoms. The lowest BCUT2D eigenvalue weighted by atomic mass is 10.2. The number of benzene rings is 2. The molecule has 2 heterocycles. The van der Waals surface area contributed by atoms with Gasteiger partial charge in [0.2, 0.25) is 17.8 Å². The van der Waals surface area contributed by atoms with Crippen LogP contribution in [0.5, 0.6) is 0 Å². The van der Waals surface area contributed by atoms with E-state index in [9.17, 15) is 9.59 Å². The maximum Gasteiger partial charge on any atom is 0.238 e. The zero-order valence-electron chi connectivity index (χ0n) is 14.2. The first-order valence-corrected chi connectivity index (χ1v) is 9.35. The number of hydrogen-bond acceptors (Lipinski definition) is 4. The number of carbonyl (C=O) groups is 2. The molecular formula is C19H18N4O2S. The van der Waals surface area contributed by atoms with Gasteiger partial charge >= 0.3 is 0 Å². The number of thioether (sulfide) groups is 1. The van der Waals surface area contributed by atoms with E-state index in [4.69, 9.17) is 0 Å². The van der Waals surface area contributed by atoms with E-state index in [1.54, 1.807) is 0 Å². The van der Waals surface area contributed by atoms with Crippen molar-refractivity contribution in [1.29, 1.82) is 0 Å². The van der Waals surface area contributed by atoms with Gasteiger partial charge in [0.1, 0.15) is 0 Å². The first kappa shape index (κ1) is 16.7. The van der Waals surface area contributed by atoms with Crippen molar-refractivity contribution in [3.63, 3.8) is 0 Å². The average molecular weight is 366 g/mol. The van der Waals surface area contributed by atoms with Gasteiger partial charge < -0.3 is 9.88 Å². The van der Waals surface area contributed by atoms with E-state index >= 15 is 0 Å². The molecule has 0 unspecified atom stereocenters. The first-order chi connectivity index (χ1) is 12.7. The highest BCUT2D eigenvalue weighted by Crippen LogP contribution is 2.36. The summed E-state index contributed by atoms with van der Waals surface area (Å²) < 4.78 is 1.95. The molecule has 6 nitrogen and oxygen atoms in total. The number of aryl methyl sites for hydroxylation is 1. The van der Waals surface area contributed by atoms with Crippen molar-refractivity contribution in [1.82, 2.24) is 9.55 Å². The lowest BCUT2D eigenvalue weighted by Crippen LogP contribution is -2.32. The number of nitrogens with one attached hydrogen (secondary N) is 2. The molecule has 0 bridgehead atoms. The fraction of sp³-hybridized carbons (Fsp3) is 0.211. The molecule has 1 atom stereocenters. The molecule has 26 heavy (non-hydrogen) atoms. The smallest absolute Gasteiger partial charge is 0.238 e. The zero-order chi connectivity index (χ0) is 18.1. The van der Waals surface area contributed by atoms with Gasteiger partial charge in [-0.25, -0.2) is 4.98 Å². The van der Waals surface area contributed by atoms with E-state index in [2.05, 4.69) is 15.6 Å². The summed E-state index contributed by atoms with van der Waals surface area (Å²) in [5, 5.41) is 5.27. The van der Waals surface area contributed by atoms with Crippen LogP contribution in [0.15, 0.2) is 53.4 Å². The number of carbonyl (C=O) groups excluding carboxylic acids is 2. The number of imidazole rings is 1. The summed E-state index contributed by atoms with van der Waals surface area (Å²) >= 11 is 1.42. The van der Waals surface area contributed by atoms with E-state index in [-0.39, 0.29) is 18.2 Å². The van der Waals surface area contributed by atoms with Gasteiger partial charge in [-0.2, -0.15) is 0 Å². The fourth-order valence-corrected chi connectivity index (χ4v) is 4.17. The molecular weight excluding hydrogens is 348 g/mol. The second-order valence-corrected chi connectivity index (χ2v) is 7.26. The van der Waals surface area contributed by atoms with Crippen molar-refractivity contribution in [2.75, 3.05) is 10.6 Å². The van der Waals surface area contributed by atoms with Crippen molar-refractivity contribution in [3.05, 3.63) is 48.5 Å². The number of amides is 2. The van der Waals surface area contributed by atoms with Crippen LogP contribution in [-0.4, -0.2) is 26.6 Å². The minimum Gasteiger partial charge on any atom is -0.324 e. The lowest BCUT2D eigenvalue weighted by molar-refractivity contribution is -0.120. The summed E-state index contributed by atoms with van der Waals surface area (Å²) in [7, 11) is 0. The summed E-state index contributed by atoms with van der Waals surface area (Å²) in [4.78, 5) is 30.3. The van der Waals surface area contributed by atoms with Gasteiger partial charge in [0.15, 0.2) is 0 Å². The third kappa shape index (κ3) is 3.06. The second-order valence-electron chi connectivity index (χ2n) is 6.01. The van der Waals surface area contributed by atoms with E-state index in [0.29, 0.717) is 12.5 Å². The van der Waals surface area contributed by atoms with Gasteiger partial charge in [0.25, 0.3) is 0 Å².